The van der Waals surface area contributed by atoms with Gasteiger partial charge in [0.05, 0.1) is 0 Å². The lowest BCUT2D eigenvalue weighted by Crippen LogP contribution is -2.39. The zero-order chi connectivity index (χ0) is 17.6. The fourth-order valence-corrected chi connectivity index (χ4v) is 2.86. The van der Waals surface area contributed by atoms with Crippen molar-refractivity contribution in [3.63, 3.8) is 0 Å². The second-order valence-electron chi connectivity index (χ2n) is 6.06. The lowest BCUT2D eigenvalue weighted by molar-refractivity contribution is 0.553. The highest BCUT2D eigenvalue weighted by Crippen LogP contribution is 2.42. The first-order chi connectivity index (χ1) is 12.2. The zero-order valence-electron chi connectivity index (χ0n) is 14.2. The van der Waals surface area contributed by atoms with Gasteiger partial charge in [-0.05, 0) is 37.6 Å². The molecule has 2 atom stereocenters. The van der Waals surface area contributed by atoms with E-state index in [0.717, 1.165) is 18.7 Å². The van der Waals surface area contributed by atoms with Crippen molar-refractivity contribution < 1.29 is 8.78 Å². The van der Waals surface area contributed by atoms with Crippen LogP contribution in [0.15, 0.2) is 47.6 Å². The number of aromatic nitrogens is 1. The molecule has 25 heavy (non-hydrogen) atoms. The molecule has 1 aliphatic rings. The monoisotopic (exact) mass is 344 g/mol. The number of benzene rings is 1. The van der Waals surface area contributed by atoms with E-state index >= 15 is 0 Å². The molecule has 0 saturated heterocycles. The number of nitrogens with one attached hydrogen (secondary N) is 2. The molecule has 132 valence electrons. The van der Waals surface area contributed by atoms with Gasteiger partial charge in [-0.2, -0.15) is 0 Å². The third kappa shape index (κ3) is 4.53. The van der Waals surface area contributed by atoms with Crippen LogP contribution in [0, 0.1) is 11.6 Å². The molecule has 0 aliphatic heterocycles. The van der Waals surface area contributed by atoms with Gasteiger partial charge in [-0.3, -0.25) is 9.98 Å². The summed E-state index contributed by atoms with van der Waals surface area (Å²) in [5.74, 6) is -0.443. The normalized spacial score (nSPS) is 19.6. The summed E-state index contributed by atoms with van der Waals surface area (Å²) < 4.78 is 27.7. The fourth-order valence-electron chi connectivity index (χ4n) is 2.86. The van der Waals surface area contributed by atoms with Crippen molar-refractivity contribution in [3.8, 4) is 0 Å². The summed E-state index contributed by atoms with van der Waals surface area (Å²) in [6.45, 7) is 3.30. The minimum Gasteiger partial charge on any atom is -0.357 e. The Morgan fingerprint density at radius 1 is 1.20 bits per heavy atom. The van der Waals surface area contributed by atoms with E-state index in [0.29, 0.717) is 18.9 Å². The third-order valence-electron chi connectivity index (χ3n) is 4.19. The van der Waals surface area contributed by atoms with Crippen molar-refractivity contribution in [3.05, 3.63) is 65.5 Å². The molecule has 6 heteroatoms. The molecule has 0 radical (unpaired) electrons. The van der Waals surface area contributed by atoms with Crippen LogP contribution in [-0.2, 0) is 6.42 Å². The number of hydrogen-bond acceptors (Lipinski definition) is 2. The number of rotatable bonds is 6. The van der Waals surface area contributed by atoms with Crippen LogP contribution >= 0.6 is 0 Å². The van der Waals surface area contributed by atoms with E-state index < -0.39 is 11.6 Å². The van der Waals surface area contributed by atoms with Gasteiger partial charge in [0.25, 0.3) is 0 Å². The van der Waals surface area contributed by atoms with E-state index in [1.165, 1.54) is 18.2 Å². The predicted molar refractivity (Wildman–Crippen MR) is 94.6 cm³/mol. The third-order valence-corrected chi connectivity index (χ3v) is 4.19. The number of hydrogen-bond donors (Lipinski definition) is 2. The molecule has 1 aromatic carbocycles. The lowest BCUT2D eigenvalue weighted by Gasteiger charge is -2.11. The molecule has 2 aromatic rings. The van der Waals surface area contributed by atoms with Gasteiger partial charge in [0.15, 0.2) is 5.96 Å². The highest BCUT2D eigenvalue weighted by Gasteiger charge is 2.42. The highest BCUT2D eigenvalue weighted by atomic mass is 19.1. The number of halogens is 2. The molecule has 3 rings (SSSR count). The second-order valence-corrected chi connectivity index (χ2v) is 6.06. The molecule has 1 heterocycles. The SMILES string of the molecule is CCNC(=NCCc1ccccn1)NC1CC1c1c(F)cccc1F. The minimum absolute atomic E-state index is 0.000879. The molecule has 1 aromatic heterocycles. The summed E-state index contributed by atoms with van der Waals surface area (Å²) in [5.41, 5.74) is 1.16. The Morgan fingerprint density at radius 2 is 2.00 bits per heavy atom. The first-order valence-electron chi connectivity index (χ1n) is 8.57. The van der Waals surface area contributed by atoms with Gasteiger partial charge in [0.2, 0.25) is 0 Å². The van der Waals surface area contributed by atoms with E-state index in [1.807, 2.05) is 25.1 Å². The van der Waals surface area contributed by atoms with Crippen LogP contribution in [0.5, 0.6) is 0 Å². The van der Waals surface area contributed by atoms with E-state index in [9.17, 15) is 8.78 Å². The lowest BCUT2D eigenvalue weighted by atomic mass is 10.1. The molecular formula is C19H22F2N4. The topological polar surface area (TPSA) is 49.3 Å². The summed E-state index contributed by atoms with van der Waals surface area (Å²) in [6, 6.07) is 9.80. The van der Waals surface area contributed by atoms with Gasteiger partial charge in [0, 0.05) is 48.9 Å². The molecule has 4 nitrogen and oxygen atoms in total. The smallest absolute Gasteiger partial charge is 0.191 e. The molecule has 2 N–H and O–H groups in total. The van der Waals surface area contributed by atoms with Crippen molar-refractivity contribution in [2.45, 2.75) is 31.7 Å². The van der Waals surface area contributed by atoms with E-state index in [-0.39, 0.29) is 17.5 Å². The molecule has 1 saturated carbocycles. The van der Waals surface area contributed by atoms with Crippen molar-refractivity contribution >= 4 is 5.96 Å². The van der Waals surface area contributed by atoms with Crippen molar-refractivity contribution in [2.75, 3.05) is 13.1 Å². The largest absolute Gasteiger partial charge is 0.357 e. The molecule has 0 spiro atoms. The Hall–Kier alpha value is -2.50. The molecular weight excluding hydrogens is 322 g/mol. The van der Waals surface area contributed by atoms with Gasteiger partial charge < -0.3 is 10.6 Å². The fraction of sp³-hybridized carbons (Fsp3) is 0.368. The Morgan fingerprint density at radius 3 is 2.68 bits per heavy atom. The van der Waals surface area contributed by atoms with Crippen LogP contribution in [0.3, 0.4) is 0 Å². The van der Waals surface area contributed by atoms with Crippen molar-refractivity contribution in [2.24, 2.45) is 4.99 Å². The first-order valence-corrected chi connectivity index (χ1v) is 8.57. The maximum Gasteiger partial charge on any atom is 0.191 e. The van der Waals surface area contributed by atoms with Crippen LogP contribution in [0.25, 0.3) is 0 Å². The molecule has 0 amide bonds. The minimum atomic E-state index is -0.480. The number of pyridine rings is 1. The average molecular weight is 344 g/mol. The van der Waals surface area contributed by atoms with Crippen LogP contribution < -0.4 is 10.6 Å². The van der Waals surface area contributed by atoms with Gasteiger partial charge in [-0.25, -0.2) is 8.78 Å². The summed E-state index contributed by atoms with van der Waals surface area (Å²) in [6.07, 6.45) is 3.20. The van der Waals surface area contributed by atoms with Gasteiger partial charge in [-0.1, -0.05) is 12.1 Å². The van der Waals surface area contributed by atoms with Gasteiger partial charge >= 0.3 is 0 Å². The number of aliphatic imine (C=N–C) groups is 1. The first kappa shape index (κ1) is 17.3. The molecule has 0 bridgehead atoms. The van der Waals surface area contributed by atoms with E-state index in [4.69, 9.17) is 0 Å². The Balaban J connectivity index is 1.58. The standard InChI is InChI=1S/C19H22F2N4/c1-2-22-19(24-11-9-13-6-3-4-10-23-13)25-17-12-14(17)18-15(20)7-5-8-16(18)21/h3-8,10,14,17H,2,9,11-12H2,1H3,(H2,22,24,25). The van der Waals surface area contributed by atoms with E-state index in [2.05, 4.69) is 20.6 Å². The van der Waals surface area contributed by atoms with Crippen molar-refractivity contribution in [1.29, 1.82) is 0 Å². The highest BCUT2D eigenvalue weighted by molar-refractivity contribution is 5.80. The molecule has 2 unspecified atom stereocenters. The van der Waals surface area contributed by atoms with Crippen LogP contribution in [0.4, 0.5) is 8.78 Å². The quantitative estimate of drug-likeness (QED) is 0.626. The number of nitrogens with zero attached hydrogens (tertiary/aromatic N) is 2. The van der Waals surface area contributed by atoms with Crippen molar-refractivity contribution in [1.82, 2.24) is 15.6 Å². The van der Waals surface area contributed by atoms with Gasteiger partial charge in [-0.15, -0.1) is 0 Å². The Bertz CT molecular complexity index is 713. The summed E-state index contributed by atoms with van der Waals surface area (Å²) in [7, 11) is 0. The Labute approximate surface area is 146 Å². The average Bonchev–Trinajstić information content (AvgIpc) is 3.34. The van der Waals surface area contributed by atoms with Crippen LogP contribution in [0.2, 0.25) is 0 Å². The summed E-state index contributed by atoms with van der Waals surface area (Å²) in [5, 5.41) is 6.44. The zero-order valence-corrected chi connectivity index (χ0v) is 14.2. The summed E-state index contributed by atoms with van der Waals surface area (Å²) >= 11 is 0. The maximum atomic E-state index is 13.9. The van der Waals surface area contributed by atoms with Crippen LogP contribution in [-0.4, -0.2) is 30.1 Å². The summed E-state index contributed by atoms with van der Waals surface area (Å²) in [4.78, 5) is 8.80. The Kier molecular flexibility index (Phi) is 5.58. The molecule has 1 aliphatic carbocycles. The second kappa shape index (κ2) is 8.05. The van der Waals surface area contributed by atoms with E-state index in [1.54, 1.807) is 6.20 Å². The number of guanidine groups is 1. The van der Waals surface area contributed by atoms with Crippen LogP contribution in [0.1, 0.15) is 30.5 Å². The maximum absolute atomic E-state index is 13.9. The predicted octanol–water partition coefficient (Wildman–Crippen LogP) is 3.01. The van der Waals surface area contributed by atoms with Gasteiger partial charge in [0.1, 0.15) is 11.6 Å². The molecule has 1 fully saturated rings.